The van der Waals surface area contributed by atoms with Gasteiger partial charge in [-0.3, -0.25) is 8.98 Å². The number of amides is 1. The Hall–Kier alpha value is -2.65. The maximum absolute atomic E-state index is 13.7. The third-order valence-electron chi connectivity index (χ3n) is 6.24. The van der Waals surface area contributed by atoms with Crippen LogP contribution in [0.4, 0.5) is 0 Å². The van der Waals surface area contributed by atoms with Gasteiger partial charge in [0.25, 0.3) is 16.0 Å². The number of carbonyl (C=O) groups excluding carboxylic acids is 1. The molecule has 0 radical (unpaired) electrons. The number of hydrogen-bond donors (Lipinski definition) is 0. The highest BCUT2D eigenvalue weighted by atomic mass is 35.5. The molecule has 0 saturated heterocycles. The number of ether oxygens (including phenoxy) is 1. The first-order chi connectivity index (χ1) is 17.4. The van der Waals surface area contributed by atoms with Gasteiger partial charge in [-0.2, -0.15) is 8.42 Å². The van der Waals surface area contributed by atoms with E-state index in [0.29, 0.717) is 41.6 Å². The summed E-state index contributed by atoms with van der Waals surface area (Å²) in [6.07, 6.45) is 0.550. The number of halogens is 2. The molecule has 196 valence electrons. The van der Waals surface area contributed by atoms with Gasteiger partial charge in [-0.05, 0) is 56.0 Å². The summed E-state index contributed by atoms with van der Waals surface area (Å²) in [6.45, 7) is 6.47. The summed E-state index contributed by atoms with van der Waals surface area (Å²) in [4.78, 5) is 20.0. The number of benzene rings is 2. The molecule has 4 rings (SSSR count). The van der Waals surface area contributed by atoms with Gasteiger partial charge in [0.05, 0.1) is 23.4 Å². The molecule has 1 amide bonds. The van der Waals surface area contributed by atoms with Crippen molar-refractivity contribution in [1.29, 1.82) is 0 Å². The van der Waals surface area contributed by atoms with E-state index < -0.39 is 16.2 Å². The van der Waals surface area contributed by atoms with Crippen LogP contribution in [0.25, 0.3) is 0 Å². The molecule has 10 heteroatoms. The molecular weight excluding hydrogens is 535 g/mol. The van der Waals surface area contributed by atoms with Crippen molar-refractivity contribution in [3.05, 3.63) is 91.6 Å². The SMILES string of the molecule is Cc1cc(C)c(CN2CCc3c(Cl)cc(C(C)OS(C)(=O)=O)c(Cl)c3C2=O)c(OCc2ccccc2)n1. The highest BCUT2D eigenvalue weighted by molar-refractivity contribution is 7.86. The minimum Gasteiger partial charge on any atom is -0.473 e. The van der Waals surface area contributed by atoms with Crippen molar-refractivity contribution >= 4 is 39.2 Å². The van der Waals surface area contributed by atoms with E-state index in [0.717, 1.165) is 28.6 Å². The van der Waals surface area contributed by atoms with Crippen LogP contribution in [0.2, 0.25) is 10.0 Å². The predicted octanol–water partition coefficient (Wildman–Crippen LogP) is 5.82. The summed E-state index contributed by atoms with van der Waals surface area (Å²) < 4.78 is 34.5. The van der Waals surface area contributed by atoms with E-state index in [2.05, 4.69) is 4.98 Å². The number of hydrogen-bond acceptors (Lipinski definition) is 6. The minimum atomic E-state index is -3.74. The van der Waals surface area contributed by atoms with Crippen LogP contribution in [0, 0.1) is 13.8 Å². The van der Waals surface area contributed by atoms with E-state index >= 15 is 0 Å². The third kappa shape index (κ3) is 6.26. The van der Waals surface area contributed by atoms with Gasteiger partial charge in [0.15, 0.2) is 0 Å². The van der Waals surface area contributed by atoms with Crippen LogP contribution in [0.1, 0.15) is 56.9 Å². The molecule has 0 aliphatic carbocycles. The molecule has 0 bridgehead atoms. The Labute approximate surface area is 227 Å². The number of aryl methyl sites for hydroxylation is 2. The van der Waals surface area contributed by atoms with Crippen molar-refractivity contribution in [1.82, 2.24) is 9.88 Å². The first-order valence-corrected chi connectivity index (χ1v) is 14.3. The van der Waals surface area contributed by atoms with E-state index in [4.69, 9.17) is 32.1 Å². The zero-order valence-electron chi connectivity index (χ0n) is 21.0. The van der Waals surface area contributed by atoms with Gasteiger partial charge >= 0.3 is 0 Å². The highest BCUT2D eigenvalue weighted by Gasteiger charge is 2.32. The number of fused-ring (bicyclic) bond motifs is 1. The third-order valence-corrected chi connectivity index (χ3v) is 7.62. The van der Waals surface area contributed by atoms with E-state index in [-0.39, 0.29) is 23.0 Å². The summed E-state index contributed by atoms with van der Waals surface area (Å²) >= 11 is 13.2. The summed E-state index contributed by atoms with van der Waals surface area (Å²) in [5.41, 5.74) is 4.85. The minimum absolute atomic E-state index is 0.143. The van der Waals surface area contributed by atoms with Crippen molar-refractivity contribution in [2.24, 2.45) is 0 Å². The molecule has 0 spiro atoms. The molecule has 0 N–H and O–H groups in total. The quantitative estimate of drug-likeness (QED) is 0.321. The van der Waals surface area contributed by atoms with Gasteiger partial charge in [0, 0.05) is 28.4 Å². The van der Waals surface area contributed by atoms with E-state index in [1.165, 1.54) is 0 Å². The van der Waals surface area contributed by atoms with Crippen LogP contribution in [-0.2, 0) is 33.9 Å². The van der Waals surface area contributed by atoms with Crippen LogP contribution < -0.4 is 4.74 Å². The fourth-order valence-corrected chi connectivity index (χ4v) is 5.81. The Balaban J connectivity index is 1.65. The Bertz CT molecular complexity index is 1450. The smallest absolute Gasteiger partial charge is 0.264 e. The number of rotatable bonds is 8. The average Bonchev–Trinajstić information content (AvgIpc) is 2.82. The molecule has 1 atom stereocenters. The highest BCUT2D eigenvalue weighted by Crippen LogP contribution is 2.39. The lowest BCUT2D eigenvalue weighted by Gasteiger charge is -2.31. The van der Waals surface area contributed by atoms with Gasteiger partial charge in [-0.1, -0.05) is 53.5 Å². The molecule has 2 aromatic carbocycles. The lowest BCUT2D eigenvalue weighted by molar-refractivity contribution is 0.0724. The zero-order chi connectivity index (χ0) is 26.9. The second-order valence-electron chi connectivity index (χ2n) is 9.17. The van der Waals surface area contributed by atoms with Gasteiger partial charge < -0.3 is 9.64 Å². The predicted molar refractivity (Wildman–Crippen MR) is 144 cm³/mol. The van der Waals surface area contributed by atoms with Crippen LogP contribution >= 0.6 is 23.2 Å². The van der Waals surface area contributed by atoms with Crippen LogP contribution in [0.3, 0.4) is 0 Å². The summed E-state index contributed by atoms with van der Waals surface area (Å²) in [5, 5.41) is 0.496. The van der Waals surface area contributed by atoms with Crippen molar-refractivity contribution in [3.8, 4) is 5.88 Å². The maximum Gasteiger partial charge on any atom is 0.264 e. The Kier molecular flexibility index (Phi) is 8.14. The van der Waals surface area contributed by atoms with Gasteiger partial charge in [-0.15, -0.1) is 0 Å². The molecule has 7 nitrogen and oxygen atoms in total. The maximum atomic E-state index is 13.7. The van der Waals surface area contributed by atoms with Crippen LogP contribution in [0.15, 0.2) is 42.5 Å². The Morgan fingerprint density at radius 2 is 1.84 bits per heavy atom. The largest absolute Gasteiger partial charge is 0.473 e. The van der Waals surface area contributed by atoms with E-state index in [1.54, 1.807) is 17.9 Å². The van der Waals surface area contributed by atoms with Crippen molar-refractivity contribution in [2.75, 3.05) is 12.8 Å². The van der Waals surface area contributed by atoms with E-state index in [9.17, 15) is 13.2 Å². The second-order valence-corrected chi connectivity index (χ2v) is 11.6. The lowest BCUT2D eigenvalue weighted by atomic mass is 9.94. The van der Waals surface area contributed by atoms with Crippen LogP contribution in [-0.4, -0.2) is 37.0 Å². The molecule has 1 aliphatic heterocycles. The van der Waals surface area contributed by atoms with Crippen molar-refractivity contribution in [3.63, 3.8) is 0 Å². The average molecular weight is 564 g/mol. The molecule has 0 saturated carbocycles. The number of pyridine rings is 1. The topological polar surface area (TPSA) is 85.8 Å². The first kappa shape index (κ1) is 27.4. The fourth-order valence-electron chi connectivity index (χ4n) is 4.48. The first-order valence-electron chi connectivity index (χ1n) is 11.8. The lowest BCUT2D eigenvalue weighted by Crippen LogP contribution is -2.38. The van der Waals surface area contributed by atoms with E-state index in [1.807, 2.05) is 50.2 Å². The number of carbonyl (C=O) groups is 1. The summed E-state index contributed by atoms with van der Waals surface area (Å²) in [7, 11) is -3.74. The molecule has 2 heterocycles. The van der Waals surface area contributed by atoms with Gasteiger partial charge in [0.2, 0.25) is 5.88 Å². The van der Waals surface area contributed by atoms with Crippen molar-refractivity contribution < 1.29 is 22.1 Å². The second kappa shape index (κ2) is 11.0. The van der Waals surface area contributed by atoms with Crippen LogP contribution in [0.5, 0.6) is 5.88 Å². The zero-order valence-corrected chi connectivity index (χ0v) is 23.4. The van der Waals surface area contributed by atoms with Crippen molar-refractivity contribution in [2.45, 2.75) is 46.4 Å². The van der Waals surface area contributed by atoms with Gasteiger partial charge in [-0.25, -0.2) is 4.98 Å². The molecule has 3 aromatic rings. The standard InChI is InChI=1S/C27H28Cl2N2O5S/c1-16-12-17(2)30-26(35-15-19-8-6-5-7-9-19)22(16)14-31-11-10-20-23(28)13-21(18(3)36-37(4,33)34)25(29)24(20)27(31)32/h5-9,12-13,18H,10-11,14-15H2,1-4H3. The fraction of sp³-hybridized carbons (Fsp3) is 0.333. The number of nitrogens with zero attached hydrogens (tertiary/aromatic N) is 2. The van der Waals surface area contributed by atoms with Gasteiger partial charge in [0.1, 0.15) is 12.7 Å². The number of aromatic nitrogens is 1. The molecule has 37 heavy (non-hydrogen) atoms. The Morgan fingerprint density at radius 3 is 2.51 bits per heavy atom. The molecule has 0 fully saturated rings. The molecule has 1 aliphatic rings. The Morgan fingerprint density at radius 1 is 1.14 bits per heavy atom. The molecule has 1 unspecified atom stereocenters. The molecular formula is C27H28Cl2N2O5S. The normalized spacial score (nSPS) is 14.4. The molecule has 1 aromatic heterocycles. The summed E-state index contributed by atoms with van der Waals surface area (Å²) in [5.74, 6) is 0.184. The summed E-state index contributed by atoms with van der Waals surface area (Å²) in [6, 6.07) is 13.3. The monoisotopic (exact) mass is 562 g/mol.